The Morgan fingerprint density at radius 2 is 2.15 bits per heavy atom. The molecular weight excluding hydrogens is 335 g/mol. The lowest BCUT2D eigenvalue weighted by Crippen LogP contribution is -2.36. The van der Waals surface area contributed by atoms with Gasteiger partial charge in [-0.1, -0.05) is 19.1 Å². The van der Waals surface area contributed by atoms with E-state index in [0.29, 0.717) is 31.3 Å². The number of benzene rings is 1. The van der Waals surface area contributed by atoms with Crippen LogP contribution in [0, 0.1) is 11.7 Å². The van der Waals surface area contributed by atoms with Crippen molar-refractivity contribution in [2.45, 2.75) is 26.2 Å². The molecule has 1 aliphatic rings. The number of hydrogen-bond donors (Lipinski definition) is 2. The molecule has 1 aromatic heterocycles. The van der Waals surface area contributed by atoms with Gasteiger partial charge in [0.15, 0.2) is 0 Å². The molecule has 2 amide bonds. The van der Waals surface area contributed by atoms with E-state index in [-0.39, 0.29) is 11.8 Å². The fourth-order valence-corrected chi connectivity index (χ4v) is 3.25. The summed E-state index contributed by atoms with van der Waals surface area (Å²) >= 11 is 0. The number of halogens is 1. The lowest BCUT2D eigenvalue weighted by atomic mass is 10.0. The van der Waals surface area contributed by atoms with Gasteiger partial charge in [0.1, 0.15) is 11.6 Å². The third-order valence-electron chi connectivity index (χ3n) is 4.63. The number of amides is 2. The molecule has 1 atom stereocenters. The maximum atomic E-state index is 13.3. The zero-order chi connectivity index (χ0) is 18.5. The Balaban J connectivity index is 1.75. The Labute approximate surface area is 152 Å². The smallest absolute Gasteiger partial charge is 0.320 e. The first-order chi connectivity index (χ1) is 12.6. The van der Waals surface area contributed by atoms with Gasteiger partial charge in [0.05, 0.1) is 12.3 Å². The topological polar surface area (TPSA) is 68.2 Å². The molecule has 2 aromatic rings. The number of nitrogens with one attached hydrogen (secondary N) is 2. The van der Waals surface area contributed by atoms with Gasteiger partial charge in [0, 0.05) is 25.8 Å². The molecule has 1 fully saturated rings. The number of rotatable bonds is 5. The summed E-state index contributed by atoms with van der Waals surface area (Å²) < 4.78 is 20.4. The zero-order valence-electron chi connectivity index (χ0n) is 15.2. The van der Waals surface area contributed by atoms with Crippen LogP contribution < -0.4 is 10.6 Å². The number of ether oxygens (including phenoxy) is 1. The van der Waals surface area contributed by atoms with E-state index in [1.165, 1.54) is 12.1 Å². The van der Waals surface area contributed by atoms with Gasteiger partial charge in [0.25, 0.3) is 0 Å². The highest BCUT2D eigenvalue weighted by Gasteiger charge is 2.20. The van der Waals surface area contributed by atoms with E-state index >= 15 is 0 Å². The molecule has 1 aromatic carbocycles. The average molecular weight is 360 g/mol. The third-order valence-corrected chi connectivity index (χ3v) is 4.63. The molecular formula is C19H25FN4O2. The van der Waals surface area contributed by atoms with Crippen LogP contribution in [0.15, 0.2) is 24.3 Å². The predicted molar refractivity (Wildman–Crippen MR) is 98.5 cm³/mol. The molecule has 0 radical (unpaired) electrons. The Morgan fingerprint density at radius 3 is 2.81 bits per heavy atom. The van der Waals surface area contributed by atoms with Crippen LogP contribution in [0.2, 0.25) is 0 Å². The quantitative estimate of drug-likeness (QED) is 0.859. The Kier molecular flexibility index (Phi) is 5.88. The van der Waals surface area contributed by atoms with E-state index in [1.54, 1.807) is 23.9 Å². The van der Waals surface area contributed by atoms with Crippen LogP contribution in [0.25, 0.3) is 11.1 Å². The SMILES string of the molecule is CCc1nn(C)c(NC(=O)NCC2CCCOC2)c1-c1ccc(F)cc1. The van der Waals surface area contributed by atoms with Crippen molar-refractivity contribution >= 4 is 11.8 Å². The van der Waals surface area contributed by atoms with Crippen molar-refractivity contribution in [2.75, 3.05) is 25.1 Å². The molecule has 1 unspecified atom stereocenters. The van der Waals surface area contributed by atoms with Gasteiger partial charge in [-0.25, -0.2) is 9.18 Å². The van der Waals surface area contributed by atoms with Gasteiger partial charge >= 0.3 is 6.03 Å². The second-order valence-corrected chi connectivity index (χ2v) is 6.57. The van der Waals surface area contributed by atoms with Crippen LogP contribution in [-0.4, -0.2) is 35.6 Å². The molecule has 6 nitrogen and oxygen atoms in total. The third kappa shape index (κ3) is 4.22. The molecule has 0 aliphatic carbocycles. The van der Waals surface area contributed by atoms with Crippen molar-refractivity contribution in [3.05, 3.63) is 35.8 Å². The van der Waals surface area contributed by atoms with Crippen LogP contribution in [0.4, 0.5) is 15.0 Å². The van der Waals surface area contributed by atoms with E-state index in [2.05, 4.69) is 15.7 Å². The average Bonchev–Trinajstić information content (AvgIpc) is 2.97. The maximum Gasteiger partial charge on any atom is 0.320 e. The van der Waals surface area contributed by atoms with Crippen molar-refractivity contribution in [2.24, 2.45) is 13.0 Å². The van der Waals surface area contributed by atoms with Crippen LogP contribution in [0.3, 0.4) is 0 Å². The summed E-state index contributed by atoms with van der Waals surface area (Å²) in [7, 11) is 1.79. The fourth-order valence-electron chi connectivity index (χ4n) is 3.25. The van der Waals surface area contributed by atoms with Crippen LogP contribution in [0.5, 0.6) is 0 Å². The second-order valence-electron chi connectivity index (χ2n) is 6.57. The lowest BCUT2D eigenvalue weighted by molar-refractivity contribution is 0.0559. The summed E-state index contributed by atoms with van der Waals surface area (Å²) in [6, 6.07) is 5.95. The molecule has 26 heavy (non-hydrogen) atoms. The monoisotopic (exact) mass is 360 g/mol. The first kappa shape index (κ1) is 18.4. The number of nitrogens with zero attached hydrogens (tertiary/aromatic N) is 2. The molecule has 0 bridgehead atoms. The maximum absolute atomic E-state index is 13.3. The normalized spacial score (nSPS) is 17.1. The standard InChI is InChI=1S/C19H25FN4O2/c1-3-16-17(14-6-8-15(20)9-7-14)18(24(2)23-16)22-19(25)21-11-13-5-4-10-26-12-13/h6-9,13H,3-5,10-12H2,1-2H3,(H2,21,22,25). The van der Waals surface area contributed by atoms with Gasteiger partial charge in [0.2, 0.25) is 0 Å². The first-order valence-electron chi connectivity index (χ1n) is 9.03. The Morgan fingerprint density at radius 1 is 1.38 bits per heavy atom. The number of carbonyl (C=O) groups excluding carboxylic acids is 1. The van der Waals surface area contributed by atoms with Gasteiger partial charge in [-0.3, -0.25) is 10.00 Å². The van der Waals surface area contributed by atoms with E-state index < -0.39 is 0 Å². The predicted octanol–water partition coefficient (Wildman–Crippen LogP) is 3.34. The number of aryl methyl sites for hydroxylation is 2. The van der Waals surface area contributed by atoms with Crippen LogP contribution in [0.1, 0.15) is 25.5 Å². The minimum absolute atomic E-state index is 0.274. The Bertz CT molecular complexity index is 752. The summed E-state index contributed by atoms with van der Waals surface area (Å²) in [6.07, 6.45) is 2.81. The van der Waals surface area contributed by atoms with Gasteiger partial charge in [-0.15, -0.1) is 0 Å². The minimum atomic E-state index is -0.294. The second kappa shape index (κ2) is 8.31. The van der Waals surface area contributed by atoms with E-state index in [9.17, 15) is 9.18 Å². The molecule has 1 aliphatic heterocycles. The van der Waals surface area contributed by atoms with Crippen molar-refractivity contribution in [3.63, 3.8) is 0 Å². The van der Waals surface area contributed by atoms with Crippen molar-refractivity contribution in [1.82, 2.24) is 15.1 Å². The number of carbonyl (C=O) groups is 1. The number of hydrogen-bond acceptors (Lipinski definition) is 3. The summed E-state index contributed by atoms with van der Waals surface area (Å²) in [6.45, 7) is 4.07. The van der Waals surface area contributed by atoms with Crippen molar-refractivity contribution < 1.29 is 13.9 Å². The molecule has 140 valence electrons. The van der Waals surface area contributed by atoms with Gasteiger partial charge in [-0.2, -0.15) is 5.10 Å². The van der Waals surface area contributed by atoms with E-state index in [1.807, 2.05) is 6.92 Å². The van der Waals surface area contributed by atoms with E-state index in [4.69, 9.17) is 4.74 Å². The van der Waals surface area contributed by atoms with Gasteiger partial charge in [-0.05, 0) is 42.9 Å². The zero-order valence-corrected chi connectivity index (χ0v) is 15.2. The molecule has 0 spiro atoms. The highest BCUT2D eigenvalue weighted by Crippen LogP contribution is 2.32. The molecule has 2 N–H and O–H groups in total. The van der Waals surface area contributed by atoms with Crippen LogP contribution >= 0.6 is 0 Å². The van der Waals surface area contributed by atoms with Gasteiger partial charge < -0.3 is 10.1 Å². The Hall–Kier alpha value is -2.41. The number of urea groups is 1. The highest BCUT2D eigenvalue weighted by molar-refractivity contribution is 5.93. The van der Waals surface area contributed by atoms with Crippen molar-refractivity contribution in [3.8, 4) is 11.1 Å². The largest absolute Gasteiger partial charge is 0.381 e. The summed E-state index contributed by atoms with van der Waals surface area (Å²) in [5.41, 5.74) is 2.51. The number of aromatic nitrogens is 2. The van der Waals surface area contributed by atoms with Crippen LogP contribution in [-0.2, 0) is 18.2 Å². The fraction of sp³-hybridized carbons (Fsp3) is 0.474. The lowest BCUT2D eigenvalue weighted by Gasteiger charge is -2.22. The summed E-state index contributed by atoms with van der Waals surface area (Å²) in [5, 5.41) is 10.3. The molecule has 0 saturated carbocycles. The molecule has 7 heteroatoms. The highest BCUT2D eigenvalue weighted by atomic mass is 19.1. The summed E-state index contributed by atoms with van der Waals surface area (Å²) in [4.78, 5) is 12.4. The molecule has 1 saturated heterocycles. The minimum Gasteiger partial charge on any atom is -0.381 e. The number of anilines is 1. The van der Waals surface area contributed by atoms with Crippen molar-refractivity contribution in [1.29, 1.82) is 0 Å². The summed E-state index contributed by atoms with van der Waals surface area (Å²) in [5.74, 6) is 0.660. The molecule has 3 rings (SSSR count). The molecule has 2 heterocycles. The first-order valence-corrected chi connectivity index (χ1v) is 9.03. The van der Waals surface area contributed by atoms with E-state index in [0.717, 1.165) is 36.3 Å².